The van der Waals surface area contributed by atoms with Crippen LogP contribution in [0.5, 0.6) is 5.75 Å². The molecule has 0 bridgehead atoms. The van der Waals surface area contributed by atoms with Gasteiger partial charge in [-0.2, -0.15) is 4.72 Å². The second-order valence-corrected chi connectivity index (χ2v) is 10.3. The Morgan fingerprint density at radius 3 is 2.33 bits per heavy atom. The second kappa shape index (κ2) is 9.89. The smallest absolute Gasteiger partial charge is 0.336 e. The average Bonchev–Trinajstić information content (AvgIpc) is 2.71. The lowest BCUT2D eigenvalue weighted by molar-refractivity contribution is -0.137. The van der Waals surface area contributed by atoms with Crippen LogP contribution in [-0.2, 0) is 21.2 Å². The molecule has 0 radical (unpaired) electrons. The number of carbonyl (C=O) groups excluding carboxylic acids is 1. The van der Waals surface area contributed by atoms with Gasteiger partial charge in [0.15, 0.2) is 0 Å². The van der Waals surface area contributed by atoms with Gasteiger partial charge >= 0.3 is 11.6 Å². The summed E-state index contributed by atoms with van der Waals surface area (Å²) in [6, 6.07) is 10.1. The summed E-state index contributed by atoms with van der Waals surface area (Å²) in [5.74, 6) is -0.870. The molecule has 0 spiro atoms. The van der Waals surface area contributed by atoms with Gasteiger partial charge in [-0.3, -0.25) is 0 Å². The standard InChI is InChI=1S/C25H29NO6S/c1-6-7-18-14-22(27)31-20-12-17(5)13-21(23(18)20)32-25(28)24(15(2)3)26-33(29,30)19-10-8-16(4)9-11-19/h8-15,24,26H,6-7H2,1-5H3/t24-/m0/s1. The van der Waals surface area contributed by atoms with E-state index in [2.05, 4.69) is 4.72 Å². The summed E-state index contributed by atoms with van der Waals surface area (Å²) in [5.41, 5.74) is 2.24. The molecule has 3 aromatic rings. The van der Waals surface area contributed by atoms with Gasteiger partial charge < -0.3 is 9.15 Å². The predicted octanol–water partition coefficient (Wildman–Crippen LogP) is 4.27. The van der Waals surface area contributed by atoms with E-state index in [0.29, 0.717) is 23.0 Å². The van der Waals surface area contributed by atoms with Crippen LogP contribution in [0.3, 0.4) is 0 Å². The van der Waals surface area contributed by atoms with Crippen LogP contribution in [0.4, 0.5) is 0 Å². The highest BCUT2D eigenvalue weighted by Crippen LogP contribution is 2.31. The van der Waals surface area contributed by atoms with Crippen molar-refractivity contribution < 1.29 is 22.4 Å². The minimum Gasteiger partial charge on any atom is -0.425 e. The molecule has 33 heavy (non-hydrogen) atoms. The van der Waals surface area contributed by atoms with Crippen molar-refractivity contribution in [3.63, 3.8) is 0 Å². The van der Waals surface area contributed by atoms with Gasteiger partial charge in [0.1, 0.15) is 17.4 Å². The predicted molar refractivity (Wildman–Crippen MR) is 127 cm³/mol. The number of hydrogen-bond donors (Lipinski definition) is 1. The highest BCUT2D eigenvalue weighted by Gasteiger charge is 2.30. The van der Waals surface area contributed by atoms with Crippen molar-refractivity contribution in [1.82, 2.24) is 4.72 Å². The fourth-order valence-electron chi connectivity index (χ4n) is 3.60. The van der Waals surface area contributed by atoms with Gasteiger partial charge in [-0.1, -0.05) is 44.9 Å². The van der Waals surface area contributed by atoms with E-state index in [1.807, 2.05) is 13.8 Å². The SMILES string of the molecule is CCCc1cc(=O)oc2cc(C)cc(OC(=O)[C@@H](NS(=O)(=O)c3ccc(C)cc3)C(C)C)c12. The third kappa shape index (κ3) is 5.69. The molecule has 0 aliphatic carbocycles. The van der Waals surface area contributed by atoms with E-state index < -0.39 is 27.7 Å². The zero-order valence-electron chi connectivity index (χ0n) is 19.5. The monoisotopic (exact) mass is 471 g/mol. The van der Waals surface area contributed by atoms with Crippen LogP contribution in [0.15, 0.2) is 56.6 Å². The van der Waals surface area contributed by atoms with E-state index >= 15 is 0 Å². The van der Waals surface area contributed by atoms with E-state index in [1.165, 1.54) is 18.2 Å². The molecule has 3 rings (SSSR count). The number of aryl methyl sites for hydroxylation is 3. The van der Waals surface area contributed by atoms with E-state index in [9.17, 15) is 18.0 Å². The molecular formula is C25H29NO6S. The molecule has 176 valence electrons. The Balaban J connectivity index is 1.98. The van der Waals surface area contributed by atoms with Crippen molar-refractivity contribution in [2.75, 3.05) is 0 Å². The largest absolute Gasteiger partial charge is 0.425 e. The van der Waals surface area contributed by atoms with Crippen molar-refractivity contribution >= 4 is 27.0 Å². The van der Waals surface area contributed by atoms with Crippen LogP contribution in [0.1, 0.15) is 43.9 Å². The topological polar surface area (TPSA) is 103 Å². The third-order valence-corrected chi connectivity index (χ3v) is 6.75. The number of hydrogen-bond acceptors (Lipinski definition) is 6. The van der Waals surface area contributed by atoms with Crippen LogP contribution in [0.25, 0.3) is 11.0 Å². The molecule has 0 fully saturated rings. The Labute approximate surface area is 193 Å². The van der Waals surface area contributed by atoms with E-state index in [-0.39, 0.29) is 16.6 Å². The third-order valence-electron chi connectivity index (χ3n) is 5.30. The van der Waals surface area contributed by atoms with Gasteiger partial charge in [-0.15, -0.1) is 0 Å². The van der Waals surface area contributed by atoms with Crippen molar-refractivity contribution in [2.24, 2.45) is 5.92 Å². The molecule has 2 aromatic carbocycles. The lowest BCUT2D eigenvalue weighted by atomic mass is 10.0. The molecule has 0 aliphatic rings. The number of benzene rings is 2. The Kier molecular flexibility index (Phi) is 7.39. The number of fused-ring (bicyclic) bond motifs is 1. The number of sulfonamides is 1. The molecule has 8 heteroatoms. The Hall–Kier alpha value is -2.97. The Morgan fingerprint density at radius 1 is 1.06 bits per heavy atom. The van der Waals surface area contributed by atoms with Crippen LogP contribution in [-0.4, -0.2) is 20.4 Å². The van der Waals surface area contributed by atoms with Gasteiger partial charge in [0, 0.05) is 6.07 Å². The molecule has 0 aliphatic heterocycles. The van der Waals surface area contributed by atoms with Crippen LogP contribution in [0.2, 0.25) is 0 Å². The summed E-state index contributed by atoms with van der Waals surface area (Å²) in [7, 11) is -3.94. The fourth-order valence-corrected chi connectivity index (χ4v) is 4.93. The van der Waals surface area contributed by atoms with E-state index in [4.69, 9.17) is 9.15 Å². The van der Waals surface area contributed by atoms with Crippen LogP contribution >= 0.6 is 0 Å². The first kappa shape index (κ1) is 24.7. The number of rotatable bonds is 8. The van der Waals surface area contributed by atoms with Crippen molar-refractivity contribution in [3.8, 4) is 5.75 Å². The highest BCUT2D eigenvalue weighted by atomic mass is 32.2. The first-order valence-corrected chi connectivity index (χ1v) is 12.4. The first-order valence-electron chi connectivity index (χ1n) is 10.9. The normalized spacial score (nSPS) is 12.8. The molecule has 1 aromatic heterocycles. The van der Waals surface area contributed by atoms with E-state index in [0.717, 1.165) is 17.5 Å². The molecule has 1 atom stereocenters. The van der Waals surface area contributed by atoms with Crippen molar-refractivity contribution in [2.45, 2.75) is 58.4 Å². The maximum absolute atomic E-state index is 13.2. The number of carbonyl (C=O) groups is 1. The summed E-state index contributed by atoms with van der Waals surface area (Å²) in [5, 5.41) is 0.541. The van der Waals surface area contributed by atoms with E-state index in [1.54, 1.807) is 45.0 Å². The lowest BCUT2D eigenvalue weighted by Crippen LogP contribution is -2.46. The molecule has 0 saturated heterocycles. The molecule has 0 amide bonds. The van der Waals surface area contributed by atoms with Gasteiger partial charge in [-0.05, 0) is 61.6 Å². The summed E-state index contributed by atoms with van der Waals surface area (Å²) < 4.78 is 39.3. The molecule has 0 unspecified atom stereocenters. The van der Waals surface area contributed by atoms with Crippen molar-refractivity contribution in [3.05, 3.63) is 69.6 Å². The quantitative estimate of drug-likeness (QED) is 0.299. The Bertz CT molecular complexity index is 1320. The zero-order valence-corrected chi connectivity index (χ0v) is 20.3. The lowest BCUT2D eigenvalue weighted by Gasteiger charge is -2.21. The summed E-state index contributed by atoms with van der Waals surface area (Å²) in [6.07, 6.45) is 1.38. The molecule has 1 heterocycles. The maximum Gasteiger partial charge on any atom is 0.336 e. The molecule has 7 nitrogen and oxygen atoms in total. The minimum absolute atomic E-state index is 0.0690. The van der Waals surface area contributed by atoms with Gasteiger partial charge in [-0.25, -0.2) is 18.0 Å². The zero-order chi connectivity index (χ0) is 24.3. The minimum atomic E-state index is -3.94. The number of nitrogens with one attached hydrogen (secondary N) is 1. The fraction of sp³-hybridized carbons (Fsp3) is 0.360. The van der Waals surface area contributed by atoms with Crippen LogP contribution < -0.4 is 15.1 Å². The van der Waals surface area contributed by atoms with Gasteiger partial charge in [0.25, 0.3) is 0 Å². The average molecular weight is 472 g/mol. The maximum atomic E-state index is 13.2. The molecule has 1 N–H and O–H groups in total. The summed E-state index contributed by atoms with van der Waals surface area (Å²) >= 11 is 0. The highest BCUT2D eigenvalue weighted by molar-refractivity contribution is 7.89. The van der Waals surface area contributed by atoms with Crippen LogP contribution in [0, 0.1) is 19.8 Å². The van der Waals surface area contributed by atoms with Gasteiger partial charge in [0.2, 0.25) is 10.0 Å². The van der Waals surface area contributed by atoms with Gasteiger partial charge in [0.05, 0.1) is 10.3 Å². The molecule has 0 saturated carbocycles. The number of ether oxygens (including phenoxy) is 1. The number of esters is 1. The van der Waals surface area contributed by atoms with Crippen molar-refractivity contribution in [1.29, 1.82) is 0 Å². The first-order chi connectivity index (χ1) is 15.5. The Morgan fingerprint density at radius 2 is 1.73 bits per heavy atom. The second-order valence-electron chi connectivity index (χ2n) is 8.55. The summed E-state index contributed by atoms with van der Waals surface area (Å²) in [6.45, 7) is 9.11. The molecular weight excluding hydrogens is 442 g/mol. The summed E-state index contributed by atoms with van der Waals surface area (Å²) in [4.78, 5) is 25.2.